The van der Waals surface area contributed by atoms with E-state index in [1.165, 1.54) is 13.0 Å². The smallest absolute Gasteiger partial charge is 0.247 e. The maximum atomic E-state index is 14.1. The van der Waals surface area contributed by atoms with Gasteiger partial charge >= 0.3 is 0 Å². The Morgan fingerprint density at radius 1 is 0.906 bits per heavy atom. The molecule has 3 aromatic carbocycles. The number of alkyl halides is 3. The maximum Gasteiger partial charge on any atom is 0.247 e. The van der Waals surface area contributed by atoms with E-state index in [2.05, 4.69) is 0 Å². The minimum absolute atomic E-state index is 0.0703. The molecule has 3 aromatic rings. The predicted octanol–water partition coefficient (Wildman–Crippen LogP) is 7.51. The van der Waals surface area contributed by atoms with Crippen LogP contribution in [-0.4, -0.2) is 19.7 Å². The lowest BCUT2D eigenvalue weighted by molar-refractivity contribution is 0.0526. The van der Waals surface area contributed by atoms with Gasteiger partial charge < -0.3 is 9.47 Å². The Morgan fingerprint density at radius 3 is 2.28 bits per heavy atom. The molecule has 0 heterocycles. The van der Waals surface area contributed by atoms with Crippen LogP contribution in [-0.2, 0) is 11.8 Å². The molecule has 0 N–H and O–H groups in total. The lowest BCUT2D eigenvalue weighted by atomic mass is 9.78. The molecule has 0 radical (unpaired) electrons. The summed E-state index contributed by atoms with van der Waals surface area (Å²) < 4.78 is 65.2. The maximum absolute atomic E-state index is 14.1. The van der Waals surface area contributed by atoms with Crippen LogP contribution in [0.3, 0.4) is 0 Å². The van der Waals surface area contributed by atoms with Crippen LogP contribution in [0.5, 0.6) is 17.2 Å². The molecule has 2 nitrogen and oxygen atoms in total. The molecule has 0 bridgehead atoms. The van der Waals surface area contributed by atoms with Crippen LogP contribution in [0.1, 0.15) is 30.9 Å². The Bertz CT molecular complexity index is 977. The van der Waals surface area contributed by atoms with Gasteiger partial charge in [0, 0.05) is 0 Å². The first-order valence-electron chi connectivity index (χ1n) is 10.5. The standard InChI is InChI=1S/C26H26F4O2/c1-26(25(29)30,20-10-12-21(13-11-20)31-17-16-27)15-5-6-19-9-14-23(28)24(18-19)32-22-7-3-2-4-8-22/h2-4,7-14,18,25H,5-6,15-17H2,1H3. The minimum atomic E-state index is -2.56. The average molecular weight is 446 g/mol. The van der Waals surface area contributed by atoms with E-state index in [1.807, 2.05) is 6.07 Å². The van der Waals surface area contributed by atoms with Gasteiger partial charge in [-0.2, -0.15) is 0 Å². The van der Waals surface area contributed by atoms with Gasteiger partial charge in [0.15, 0.2) is 11.6 Å². The van der Waals surface area contributed by atoms with Crippen LogP contribution < -0.4 is 9.47 Å². The Labute approximate surface area is 185 Å². The highest BCUT2D eigenvalue weighted by Crippen LogP contribution is 2.37. The zero-order valence-corrected chi connectivity index (χ0v) is 17.9. The van der Waals surface area contributed by atoms with Gasteiger partial charge in [0.1, 0.15) is 24.8 Å². The molecule has 0 amide bonds. The van der Waals surface area contributed by atoms with Gasteiger partial charge in [0.25, 0.3) is 0 Å². The third kappa shape index (κ3) is 6.02. The molecular formula is C26H26F4O2. The van der Waals surface area contributed by atoms with Gasteiger partial charge in [-0.05, 0) is 66.8 Å². The molecule has 0 spiro atoms. The number of hydrogen-bond acceptors (Lipinski definition) is 2. The van der Waals surface area contributed by atoms with Crippen LogP contribution in [0.2, 0.25) is 0 Å². The number of ether oxygens (including phenoxy) is 2. The van der Waals surface area contributed by atoms with Gasteiger partial charge in [-0.25, -0.2) is 17.6 Å². The summed E-state index contributed by atoms with van der Waals surface area (Å²) in [6.45, 7) is 0.848. The summed E-state index contributed by atoms with van der Waals surface area (Å²) in [5, 5.41) is 0. The summed E-state index contributed by atoms with van der Waals surface area (Å²) in [4.78, 5) is 0. The molecule has 170 valence electrons. The van der Waals surface area contributed by atoms with Crippen LogP contribution in [0.25, 0.3) is 0 Å². The van der Waals surface area contributed by atoms with Gasteiger partial charge in [0.05, 0.1) is 5.41 Å². The molecule has 1 unspecified atom stereocenters. The van der Waals surface area contributed by atoms with E-state index in [-0.39, 0.29) is 18.8 Å². The molecule has 0 saturated carbocycles. The van der Waals surface area contributed by atoms with Crippen molar-refractivity contribution in [1.29, 1.82) is 0 Å². The second-order valence-electron chi connectivity index (χ2n) is 7.81. The summed E-state index contributed by atoms with van der Waals surface area (Å²) in [5.41, 5.74) is -0.0432. The molecule has 32 heavy (non-hydrogen) atoms. The van der Waals surface area contributed by atoms with Crippen LogP contribution in [0, 0.1) is 5.82 Å². The van der Waals surface area contributed by atoms with Gasteiger partial charge in [-0.1, -0.05) is 43.3 Å². The van der Waals surface area contributed by atoms with Gasteiger partial charge in [-0.15, -0.1) is 0 Å². The first-order valence-corrected chi connectivity index (χ1v) is 10.5. The van der Waals surface area contributed by atoms with Crippen molar-refractivity contribution in [3.05, 3.63) is 89.7 Å². The molecule has 3 rings (SSSR count). The molecule has 0 aliphatic heterocycles. The minimum Gasteiger partial charge on any atom is -0.491 e. The number of para-hydroxylation sites is 1. The van der Waals surface area contributed by atoms with E-state index in [0.717, 1.165) is 5.56 Å². The van der Waals surface area contributed by atoms with Crippen molar-refractivity contribution in [3.63, 3.8) is 0 Å². The van der Waals surface area contributed by atoms with Crippen LogP contribution in [0.4, 0.5) is 17.6 Å². The summed E-state index contributed by atoms with van der Waals surface area (Å²) in [6.07, 6.45) is -1.34. The van der Waals surface area contributed by atoms with Gasteiger partial charge in [0.2, 0.25) is 6.43 Å². The molecule has 6 heteroatoms. The van der Waals surface area contributed by atoms with E-state index < -0.39 is 24.3 Å². The topological polar surface area (TPSA) is 18.5 Å². The fourth-order valence-corrected chi connectivity index (χ4v) is 3.52. The van der Waals surface area contributed by atoms with Crippen molar-refractivity contribution in [1.82, 2.24) is 0 Å². The highest BCUT2D eigenvalue weighted by atomic mass is 19.3. The van der Waals surface area contributed by atoms with Crippen molar-refractivity contribution in [3.8, 4) is 17.2 Å². The number of benzene rings is 3. The lowest BCUT2D eigenvalue weighted by Gasteiger charge is -2.29. The average Bonchev–Trinajstić information content (AvgIpc) is 2.80. The molecular weight excluding hydrogens is 420 g/mol. The first kappa shape index (κ1) is 23.6. The third-order valence-corrected chi connectivity index (χ3v) is 5.47. The van der Waals surface area contributed by atoms with Crippen molar-refractivity contribution >= 4 is 0 Å². The van der Waals surface area contributed by atoms with E-state index in [1.54, 1.807) is 60.7 Å². The Kier molecular flexibility index (Phi) is 8.14. The van der Waals surface area contributed by atoms with E-state index in [4.69, 9.17) is 9.47 Å². The van der Waals surface area contributed by atoms with Crippen molar-refractivity contribution in [2.75, 3.05) is 13.3 Å². The monoisotopic (exact) mass is 446 g/mol. The van der Waals surface area contributed by atoms with Gasteiger partial charge in [-0.3, -0.25) is 0 Å². The molecule has 0 saturated heterocycles. The second kappa shape index (κ2) is 11.0. The highest BCUT2D eigenvalue weighted by Gasteiger charge is 2.36. The van der Waals surface area contributed by atoms with E-state index in [0.29, 0.717) is 29.9 Å². The van der Waals surface area contributed by atoms with Crippen LogP contribution >= 0.6 is 0 Å². The fourth-order valence-electron chi connectivity index (χ4n) is 3.52. The largest absolute Gasteiger partial charge is 0.491 e. The second-order valence-corrected chi connectivity index (χ2v) is 7.81. The number of aryl methyl sites for hydroxylation is 1. The highest BCUT2D eigenvalue weighted by molar-refractivity contribution is 5.36. The molecule has 1 atom stereocenters. The van der Waals surface area contributed by atoms with Crippen LogP contribution in [0.15, 0.2) is 72.8 Å². The quantitative estimate of drug-likeness (QED) is 0.284. The Morgan fingerprint density at radius 2 is 1.62 bits per heavy atom. The van der Waals surface area contributed by atoms with Crippen molar-refractivity contribution in [2.24, 2.45) is 0 Å². The summed E-state index contributed by atoms with van der Waals surface area (Å²) in [6, 6.07) is 19.8. The summed E-state index contributed by atoms with van der Waals surface area (Å²) >= 11 is 0. The zero-order valence-electron chi connectivity index (χ0n) is 17.9. The number of rotatable bonds is 11. The molecule has 0 aliphatic carbocycles. The van der Waals surface area contributed by atoms with Crippen molar-refractivity contribution < 1.29 is 27.0 Å². The zero-order chi connectivity index (χ0) is 23.0. The third-order valence-electron chi connectivity index (χ3n) is 5.47. The number of halogens is 4. The number of hydrogen-bond donors (Lipinski definition) is 0. The Balaban J connectivity index is 1.66. The Hall–Kier alpha value is -3.02. The molecule has 0 aliphatic rings. The molecule has 0 fully saturated rings. The first-order chi connectivity index (χ1) is 15.4. The predicted molar refractivity (Wildman–Crippen MR) is 117 cm³/mol. The van der Waals surface area contributed by atoms with E-state index in [9.17, 15) is 17.6 Å². The molecule has 0 aromatic heterocycles. The normalized spacial score (nSPS) is 13.1. The SMILES string of the molecule is CC(CCCc1ccc(F)c(Oc2ccccc2)c1)(c1ccc(OCCF)cc1)C(F)F. The fraction of sp³-hybridized carbons (Fsp3) is 0.308. The summed E-state index contributed by atoms with van der Waals surface area (Å²) in [5.74, 6) is 0.590. The van der Waals surface area contributed by atoms with E-state index >= 15 is 0 Å². The van der Waals surface area contributed by atoms with Crippen molar-refractivity contribution in [2.45, 2.75) is 38.0 Å². The summed E-state index contributed by atoms with van der Waals surface area (Å²) in [7, 11) is 0. The lowest BCUT2D eigenvalue weighted by Crippen LogP contribution is -2.31.